The molecule has 0 saturated carbocycles. The molecule has 0 amide bonds. The van der Waals surface area contributed by atoms with Gasteiger partial charge in [0.2, 0.25) is 0 Å². The van der Waals surface area contributed by atoms with Gasteiger partial charge in [0, 0.05) is 6.61 Å². The Hall–Kier alpha value is -0.340. The monoisotopic (exact) mass is 241 g/mol. The fourth-order valence-electron chi connectivity index (χ4n) is 1.70. The summed E-state index contributed by atoms with van der Waals surface area (Å²) in [6, 6.07) is 0. The number of hydrogen-bond donors (Lipinski definition) is 1. The van der Waals surface area contributed by atoms with E-state index in [0.717, 1.165) is 13.0 Å². The second kappa shape index (κ2) is 13.7. The highest BCUT2D eigenvalue weighted by Crippen LogP contribution is 2.08. The molecule has 1 unspecified atom stereocenters. The molecule has 0 aliphatic rings. The van der Waals surface area contributed by atoms with Gasteiger partial charge in [0.25, 0.3) is 0 Å². The summed E-state index contributed by atoms with van der Waals surface area (Å²) < 4.78 is 5.40. The normalized spacial score (nSPS) is 13.4. The molecule has 1 atom stereocenters. The lowest BCUT2D eigenvalue weighted by molar-refractivity contribution is 0.156. The third-order valence-corrected chi connectivity index (χ3v) is 2.71. The van der Waals surface area contributed by atoms with Crippen molar-refractivity contribution in [2.75, 3.05) is 13.2 Å². The van der Waals surface area contributed by atoms with E-state index in [0.29, 0.717) is 6.61 Å². The van der Waals surface area contributed by atoms with Crippen LogP contribution in [-0.4, -0.2) is 24.4 Å². The molecular formula is C15H29O2. The molecular weight excluding hydrogens is 212 g/mol. The summed E-state index contributed by atoms with van der Waals surface area (Å²) in [5.74, 6) is 0. The van der Waals surface area contributed by atoms with Gasteiger partial charge in [-0.3, -0.25) is 0 Å². The summed E-state index contributed by atoms with van der Waals surface area (Å²) in [5, 5.41) is 8.86. The SMILES string of the molecule is [CH2]C(O)C=CCOCCCCCCCCCC. The number of aliphatic hydroxyl groups is 1. The molecule has 0 bridgehead atoms. The minimum absolute atomic E-state index is 0.586. The highest BCUT2D eigenvalue weighted by atomic mass is 16.5. The number of unbranched alkanes of at least 4 members (excludes halogenated alkanes) is 7. The number of rotatable bonds is 12. The van der Waals surface area contributed by atoms with Crippen LogP contribution in [0.2, 0.25) is 0 Å². The van der Waals surface area contributed by atoms with E-state index >= 15 is 0 Å². The molecule has 0 heterocycles. The zero-order valence-electron chi connectivity index (χ0n) is 11.4. The Morgan fingerprint density at radius 3 is 2.24 bits per heavy atom. The number of aliphatic hydroxyl groups excluding tert-OH is 1. The van der Waals surface area contributed by atoms with Gasteiger partial charge in [-0.15, -0.1) is 0 Å². The predicted octanol–water partition coefficient (Wildman–Crippen LogP) is 3.89. The topological polar surface area (TPSA) is 29.5 Å². The van der Waals surface area contributed by atoms with Crippen LogP contribution in [0.1, 0.15) is 58.3 Å². The summed E-state index contributed by atoms with van der Waals surface area (Å²) in [6.45, 7) is 7.10. The molecule has 101 valence electrons. The smallest absolute Gasteiger partial charge is 0.0722 e. The van der Waals surface area contributed by atoms with Crippen LogP contribution in [0.5, 0.6) is 0 Å². The van der Waals surface area contributed by atoms with Crippen LogP contribution in [0.25, 0.3) is 0 Å². The summed E-state index contributed by atoms with van der Waals surface area (Å²) in [5.41, 5.74) is 0. The van der Waals surface area contributed by atoms with Crippen LogP contribution in [0, 0.1) is 6.92 Å². The summed E-state index contributed by atoms with van der Waals surface area (Å²) >= 11 is 0. The van der Waals surface area contributed by atoms with Gasteiger partial charge in [-0.2, -0.15) is 0 Å². The Kier molecular flexibility index (Phi) is 13.4. The Morgan fingerprint density at radius 2 is 1.65 bits per heavy atom. The van der Waals surface area contributed by atoms with Gasteiger partial charge in [-0.25, -0.2) is 0 Å². The largest absolute Gasteiger partial charge is 0.389 e. The minimum Gasteiger partial charge on any atom is -0.389 e. The summed E-state index contributed by atoms with van der Waals surface area (Å²) in [7, 11) is 0. The first-order valence-corrected chi connectivity index (χ1v) is 7.03. The van der Waals surface area contributed by atoms with Gasteiger partial charge in [0.05, 0.1) is 12.7 Å². The maximum Gasteiger partial charge on any atom is 0.0722 e. The quantitative estimate of drug-likeness (QED) is 0.415. The van der Waals surface area contributed by atoms with Gasteiger partial charge in [-0.1, -0.05) is 64.0 Å². The van der Waals surface area contributed by atoms with Crippen LogP contribution in [0.15, 0.2) is 12.2 Å². The minimum atomic E-state index is -0.610. The Balaban J connectivity index is 2.99. The van der Waals surface area contributed by atoms with E-state index in [1.54, 1.807) is 6.08 Å². The fraction of sp³-hybridized carbons (Fsp3) is 0.800. The van der Waals surface area contributed by atoms with Crippen molar-refractivity contribution in [3.63, 3.8) is 0 Å². The standard InChI is InChI=1S/C15H29O2/c1-3-4-5-6-7-8-9-10-13-17-14-11-12-15(2)16/h11-12,15-16H,2-10,13-14H2,1H3. The van der Waals surface area contributed by atoms with E-state index < -0.39 is 6.10 Å². The van der Waals surface area contributed by atoms with Crippen molar-refractivity contribution in [1.82, 2.24) is 0 Å². The molecule has 0 aliphatic carbocycles. The second-order valence-corrected chi connectivity index (χ2v) is 4.55. The van der Waals surface area contributed by atoms with Crippen LogP contribution < -0.4 is 0 Å². The maximum atomic E-state index is 8.86. The van der Waals surface area contributed by atoms with Crippen molar-refractivity contribution in [2.45, 2.75) is 64.4 Å². The molecule has 0 aromatic rings. The average molecular weight is 241 g/mol. The predicted molar refractivity (Wildman–Crippen MR) is 73.9 cm³/mol. The summed E-state index contributed by atoms with van der Waals surface area (Å²) in [6.07, 6.45) is 13.5. The molecule has 0 fully saturated rings. The van der Waals surface area contributed by atoms with Gasteiger partial charge in [-0.05, 0) is 13.3 Å². The molecule has 1 radical (unpaired) electrons. The van der Waals surface area contributed by atoms with Crippen molar-refractivity contribution in [1.29, 1.82) is 0 Å². The van der Waals surface area contributed by atoms with E-state index in [2.05, 4.69) is 13.8 Å². The molecule has 0 spiro atoms. The van der Waals surface area contributed by atoms with E-state index in [1.165, 1.54) is 44.9 Å². The van der Waals surface area contributed by atoms with Gasteiger partial charge >= 0.3 is 0 Å². The van der Waals surface area contributed by atoms with Crippen molar-refractivity contribution >= 4 is 0 Å². The third-order valence-electron chi connectivity index (χ3n) is 2.71. The van der Waals surface area contributed by atoms with Crippen molar-refractivity contribution < 1.29 is 9.84 Å². The lowest BCUT2D eigenvalue weighted by Crippen LogP contribution is -1.97. The maximum absolute atomic E-state index is 8.86. The average Bonchev–Trinajstić information content (AvgIpc) is 2.30. The highest BCUT2D eigenvalue weighted by Gasteiger charge is 1.91. The first kappa shape index (κ1) is 16.7. The Bertz CT molecular complexity index is 164. The lowest BCUT2D eigenvalue weighted by atomic mass is 10.1. The van der Waals surface area contributed by atoms with E-state index in [4.69, 9.17) is 9.84 Å². The molecule has 2 heteroatoms. The third kappa shape index (κ3) is 15.7. The first-order chi connectivity index (χ1) is 8.27. The van der Waals surface area contributed by atoms with E-state index in [9.17, 15) is 0 Å². The summed E-state index contributed by atoms with van der Waals surface area (Å²) in [4.78, 5) is 0. The van der Waals surface area contributed by atoms with Gasteiger partial charge < -0.3 is 9.84 Å². The van der Waals surface area contributed by atoms with Crippen molar-refractivity contribution in [3.05, 3.63) is 19.1 Å². The zero-order valence-corrected chi connectivity index (χ0v) is 11.4. The van der Waals surface area contributed by atoms with Gasteiger partial charge in [0.1, 0.15) is 0 Å². The molecule has 0 saturated heterocycles. The van der Waals surface area contributed by atoms with Crippen LogP contribution in [-0.2, 0) is 4.74 Å². The first-order valence-electron chi connectivity index (χ1n) is 7.03. The number of hydrogen-bond acceptors (Lipinski definition) is 2. The molecule has 2 nitrogen and oxygen atoms in total. The van der Waals surface area contributed by atoms with Crippen LogP contribution in [0.3, 0.4) is 0 Å². The van der Waals surface area contributed by atoms with E-state index in [-0.39, 0.29) is 0 Å². The van der Waals surface area contributed by atoms with Gasteiger partial charge in [0.15, 0.2) is 0 Å². The molecule has 0 aromatic carbocycles. The number of ether oxygens (including phenoxy) is 1. The lowest BCUT2D eigenvalue weighted by Gasteiger charge is -2.02. The zero-order chi connectivity index (χ0) is 12.8. The molecule has 0 rings (SSSR count). The molecule has 0 aromatic heterocycles. The Morgan fingerprint density at radius 1 is 1.06 bits per heavy atom. The molecule has 17 heavy (non-hydrogen) atoms. The highest BCUT2D eigenvalue weighted by molar-refractivity contribution is 4.89. The van der Waals surface area contributed by atoms with Crippen molar-refractivity contribution in [2.24, 2.45) is 0 Å². The van der Waals surface area contributed by atoms with Crippen LogP contribution >= 0.6 is 0 Å². The molecule has 1 N–H and O–H groups in total. The van der Waals surface area contributed by atoms with E-state index in [1.807, 2.05) is 6.08 Å². The van der Waals surface area contributed by atoms with Crippen molar-refractivity contribution in [3.8, 4) is 0 Å². The second-order valence-electron chi connectivity index (χ2n) is 4.55. The van der Waals surface area contributed by atoms with Crippen LogP contribution in [0.4, 0.5) is 0 Å². The fourth-order valence-corrected chi connectivity index (χ4v) is 1.70. The molecule has 0 aliphatic heterocycles. The Labute approximate surface area is 107 Å².